The Balaban J connectivity index is 1.07. The van der Waals surface area contributed by atoms with E-state index >= 15 is 0 Å². The Morgan fingerprint density at radius 3 is 2.47 bits per heavy atom. The average Bonchev–Trinajstić information content (AvgIpc) is 3.18. The van der Waals surface area contributed by atoms with Gasteiger partial charge >= 0.3 is 0 Å². The summed E-state index contributed by atoms with van der Waals surface area (Å²) >= 11 is 0. The van der Waals surface area contributed by atoms with E-state index in [4.69, 9.17) is 5.26 Å². The van der Waals surface area contributed by atoms with E-state index in [-0.39, 0.29) is 17.9 Å². The summed E-state index contributed by atoms with van der Waals surface area (Å²) in [4.78, 5) is 21.5. The Morgan fingerprint density at radius 2 is 1.81 bits per heavy atom. The summed E-state index contributed by atoms with van der Waals surface area (Å²) in [6.45, 7) is 1.98. The number of halogens is 2. The molecule has 2 heterocycles. The molecule has 8 heteroatoms. The van der Waals surface area contributed by atoms with E-state index in [2.05, 4.69) is 21.4 Å². The third-order valence-electron chi connectivity index (χ3n) is 7.83. The molecule has 180 valence electrons. The van der Waals surface area contributed by atoms with Crippen LogP contribution in [-0.4, -0.2) is 20.4 Å². The maximum absolute atomic E-state index is 13.8. The van der Waals surface area contributed by atoms with Gasteiger partial charge < -0.3 is 9.88 Å². The molecule has 2 fully saturated rings. The lowest BCUT2D eigenvalue weighted by Crippen LogP contribution is -2.24. The van der Waals surface area contributed by atoms with E-state index < -0.39 is 11.6 Å². The molecule has 6 nitrogen and oxygen atoms in total. The summed E-state index contributed by atoms with van der Waals surface area (Å²) in [5.41, 5.74) is 3.98. The van der Waals surface area contributed by atoms with Crippen LogP contribution in [0.15, 0.2) is 61.1 Å². The second-order valence-electron chi connectivity index (χ2n) is 9.84. The van der Waals surface area contributed by atoms with Crippen molar-refractivity contribution in [1.82, 2.24) is 14.5 Å². The largest absolute Gasteiger partial charge is 0.327 e. The quantitative estimate of drug-likeness (QED) is 0.394. The average molecular weight is 484 g/mol. The van der Waals surface area contributed by atoms with Crippen molar-refractivity contribution in [2.45, 2.75) is 25.8 Å². The summed E-state index contributed by atoms with van der Waals surface area (Å²) in [5, 5.41) is 11.9. The lowest BCUT2D eigenvalue weighted by molar-refractivity contribution is -0.120. The fourth-order valence-electron chi connectivity index (χ4n) is 5.93. The topological polar surface area (TPSA) is 83.6 Å². The normalized spacial score (nSPS) is 23.2. The molecule has 2 saturated carbocycles. The Kier molecular flexibility index (Phi) is 5.29. The highest BCUT2D eigenvalue weighted by atomic mass is 19.2. The van der Waals surface area contributed by atoms with Crippen LogP contribution in [0, 0.1) is 46.6 Å². The first kappa shape index (κ1) is 22.4. The molecule has 2 unspecified atom stereocenters. The van der Waals surface area contributed by atoms with Gasteiger partial charge in [0.25, 0.3) is 0 Å². The summed E-state index contributed by atoms with van der Waals surface area (Å²) in [5.74, 6) is -0.647. The minimum atomic E-state index is -0.887. The van der Waals surface area contributed by atoms with Crippen molar-refractivity contribution in [2.24, 2.45) is 23.7 Å². The molecule has 2 aliphatic carbocycles. The Bertz CT molecular complexity index is 1490. The molecular formula is C28H23F2N5O. The molecule has 0 saturated heterocycles. The predicted molar refractivity (Wildman–Crippen MR) is 131 cm³/mol. The molecule has 4 aromatic rings. The van der Waals surface area contributed by atoms with Gasteiger partial charge in [0.05, 0.1) is 28.6 Å². The van der Waals surface area contributed by atoms with Gasteiger partial charge in [0.2, 0.25) is 5.91 Å². The Hall–Kier alpha value is -4.12. The molecule has 5 atom stereocenters. The maximum Gasteiger partial charge on any atom is 0.227 e. The highest BCUT2D eigenvalue weighted by Gasteiger charge is 2.59. The minimum Gasteiger partial charge on any atom is -0.327 e. The van der Waals surface area contributed by atoms with Gasteiger partial charge in [0.1, 0.15) is 6.07 Å². The van der Waals surface area contributed by atoms with Crippen molar-refractivity contribution < 1.29 is 13.6 Å². The Morgan fingerprint density at radius 1 is 1.08 bits per heavy atom. The molecule has 1 amide bonds. The van der Waals surface area contributed by atoms with E-state index in [0.29, 0.717) is 34.4 Å². The maximum atomic E-state index is 13.8. The van der Waals surface area contributed by atoms with Gasteiger partial charge in [-0.1, -0.05) is 19.1 Å². The molecular weight excluding hydrogens is 460 g/mol. The summed E-state index contributed by atoms with van der Waals surface area (Å²) < 4.78 is 29.3. The molecule has 2 aromatic heterocycles. The second-order valence-corrected chi connectivity index (χ2v) is 9.84. The van der Waals surface area contributed by atoms with Crippen LogP contribution in [0.4, 0.5) is 14.5 Å². The number of nitriles is 1. The third-order valence-corrected chi connectivity index (χ3v) is 7.83. The smallest absolute Gasteiger partial charge is 0.227 e. The zero-order chi connectivity index (χ0) is 25.0. The zero-order valence-corrected chi connectivity index (χ0v) is 19.5. The fraction of sp³-hybridized carbons (Fsp3) is 0.286. The number of rotatable bonds is 5. The molecule has 2 aliphatic rings. The summed E-state index contributed by atoms with van der Waals surface area (Å²) in [6, 6.07) is 15.6. The second kappa shape index (κ2) is 8.52. The van der Waals surface area contributed by atoms with Crippen molar-refractivity contribution in [1.29, 1.82) is 5.26 Å². The van der Waals surface area contributed by atoms with Gasteiger partial charge in [-0.15, -0.1) is 0 Å². The van der Waals surface area contributed by atoms with E-state index in [1.807, 2.05) is 35.8 Å². The van der Waals surface area contributed by atoms with Crippen LogP contribution in [0.25, 0.3) is 22.3 Å². The molecule has 1 N–H and O–H groups in total. The van der Waals surface area contributed by atoms with E-state index in [9.17, 15) is 13.6 Å². The lowest BCUT2D eigenvalue weighted by atomic mass is 9.96. The van der Waals surface area contributed by atoms with Crippen molar-refractivity contribution in [3.8, 4) is 17.3 Å². The first-order valence-corrected chi connectivity index (χ1v) is 12.0. The van der Waals surface area contributed by atoms with Gasteiger partial charge in [-0.05, 0) is 54.9 Å². The number of hydrogen-bond acceptors (Lipinski definition) is 4. The van der Waals surface area contributed by atoms with Crippen molar-refractivity contribution >= 4 is 22.6 Å². The van der Waals surface area contributed by atoms with Gasteiger partial charge in [-0.2, -0.15) is 5.26 Å². The molecule has 0 aliphatic heterocycles. The standard InChI is InChI=1S/C28H23F2N5O/c1-15(28(36)34-18-5-3-17(4-6-18)24-7-2-16(12-31)13-32-24)27-20-8-19(9-21(20)27)35-14-33-25-10-22(29)23(30)11-26(25)35/h2-7,10-11,13-15,19-21,27H,8-9H2,1H3,(H,34,36)/t15-,19?,20-,21+,27?/m0/s1. The van der Waals surface area contributed by atoms with Gasteiger partial charge in [-0.25, -0.2) is 13.8 Å². The van der Waals surface area contributed by atoms with Crippen LogP contribution in [0.1, 0.15) is 31.4 Å². The number of amides is 1. The number of anilines is 1. The van der Waals surface area contributed by atoms with Crippen LogP contribution in [0.3, 0.4) is 0 Å². The van der Waals surface area contributed by atoms with E-state index in [0.717, 1.165) is 35.9 Å². The highest BCUT2D eigenvalue weighted by Crippen LogP contribution is 2.64. The number of pyridine rings is 1. The van der Waals surface area contributed by atoms with Gasteiger partial charge in [0, 0.05) is 41.5 Å². The Labute approximate surface area is 206 Å². The van der Waals surface area contributed by atoms with Crippen molar-refractivity contribution in [3.63, 3.8) is 0 Å². The number of nitrogens with zero attached hydrogens (tertiary/aromatic N) is 4. The SMILES string of the molecule is C[C@H](C(=O)Nc1ccc(-c2ccc(C#N)cn2)cc1)C1[C@H]2CC(n3cnc4cc(F)c(F)cc43)C[C@@H]12. The molecule has 6 rings (SSSR count). The van der Waals surface area contributed by atoms with Gasteiger partial charge in [-0.3, -0.25) is 9.78 Å². The van der Waals surface area contributed by atoms with Gasteiger partial charge in [0.15, 0.2) is 11.6 Å². The number of nitrogens with one attached hydrogen (secondary N) is 1. The fourth-order valence-corrected chi connectivity index (χ4v) is 5.93. The molecule has 0 bridgehead atoms. The van der Waals surface area contributed by atoms with Crippen molar-refractivity contribution in [3.05, 3.63) is 78.3 Å². The molecule has 0 spiro atoms. The van der Waals surface area contributed by atoms with Crippen LogP contribution in [0.2, 0.25) is 0 Å². The summed E-state index contributed by atoms with van der Waals surface area (Å²) in [7, 11) is 0. The van der Waals surface area contributed by atoms with E-state index in [1.54, 1.807) is 18.5 Å². The van der Waals surface area contributed by atoms with Crippen LogP contribution in [0.5, 0.6) is 0 Å². The van der Waals surface area contributed by atoms with E-state index in [1.165, 1.54) is 12.3 Å². The third kappa shape index (κ3) is 3.81. The molecule has 2 aromatic carbocycles. The minimum absolute atomic E-state index is 0.000764. The number of imidazole rings is 1. The number of benzene rings is 2. The number of aromatic nitrogens is 3. The number of carbonyl (C=O) groups is 1. The highest BCUT2D eigenvalue weighted by molar-refractivity contribution is 5.93. The van der Waals surface area contributed by atoms with Crippen LogP contribution < -0.4 is 5.32 Å². The molecule has 0 radical (unpaired) electrons. The predicted octanol–water partition coefficient (Wildman–Crippen LogP) is 5.72. The molecule has 36 heavy (non-hydrogen) atoms. The lowest BCUT2D eigenvalue weighted by Gasteiger charge is -2.20. The number of fused-ring (bicyclic) bond motifs is 2. The first-order valence-electron chi connectivity index (χ1n) is 12.0. The zero-order valence-electron chi connectivity index (χ0n) is 19.5. The number of carbonyl (C=O) groups excluding carboxylic acids is 1. The summed E-state index contributed by atoms with van der Waals surface area (Å²) in [6.07, 6.45) is 5.02. The monoisotopic (exact) mass is 483 g/mol. The van der Waals surface area contributed by atoms with Crippen LogP contribution >= 0.6 is 0 Å². The van der Waals surface area contributed by atoms with Crippen molar-refractivity contribution in [2.75, 3.05) is 5.32 Å². The number of hydrogen-bond donors (Lipinski definition) is 1. The first-order chi connectivity index (χ1) is 17.4. The van der Waals surface area contributed by atoms with Crippen LogP contribution in [-0.2, 0) is 4.79 Å².